The number of aliphatic hydroxyl groups excluding tert-OH is 1. The minimum Gasteiger partial charge on any atom is -0.493 e. The van der Waals surface area contributed by atoms with E-state index in [1.165, 1.54) is 6.42 Å². The van der Waals surface area contributed by atoms with E-state index >= 15 is 0 Å². The third kappa shape index (κ3) is 2.84. The van der Waals surface area contributed by atoms with Gasteiger partial charge in [-0.2, -0.15) is 4.98 Å². The second-order valence-corrected chi connectivity index (χ2v) is 5.63. The minimum atomic E-state index is 0.0593. The molecule has 1 heterocycles. The monoisotopic (exact) mass is 318 g/mol. The fraction of sp³-hybridized carbons (Fsp3) is 0.500. The molecule has 1 aromatic carbocycles. The van der Waals surface area contributed by atoms with E-state index in [2.05, 4.69) is 9.97 Å². The molecule has 3 rings (SSSR count). The number of hydrogen-bond donors (Lipinski definition) is 2. The Labute approximate surface area is 135 Å². The van der Waals surface area contributed by atoms with Gasteiger partial charge in [-0.05, 0) is 25.3 Å². The minimum absolute atomic E-state index is 0.0593. The largest absolute Gasteiger partial charge is 0.493 e. The quantitative estimate of drug-likeness (QED) is 0.835. The predicted molar refractivity (Wildman–Crippen MR) is 89.1 cm³/mol. The summed E-state index contributed by atoms with van der Waals surface area (Å²) in [4.78, 5) is 11.1. The molecule has 1 aliphatic carbocycles. The lowest BCUT2D eigenvalue weighted by Crippen LogP contribution is -2.43. The van der Waals surface area contributed by atoms with E-state index in [0.717, 1.165) is 18.2 Å². The van der Waals surface area contributed by atoms with Gasteiger partial charge in [0.2, 0.25) is 5.95 Å². The third-order valence-electron chi connectivity index (χ3n) is 4.33. The molecule has 0 aliphatic heterocycles. The first kappa shape index (κ1) is 15.6. The Morgan fingerprint density at radius 2 is 1.91 bits per heavy atom. The topological polar surface area (TPSA) is 93.7 Å². The predicted octanol–water partition coefficient (Wildman–Crippen LogP) is 1.58. The smallest absolute Gasteiger partial charge is 0.228 e. The standard InChI is InChI=1S/C16H22N4O3/c1-22-13-8-11-12(9-14(13)23-2)18-16(19-15(11)17)20(6-7-21)10-4-3-5-10/h8-10,21H,3-7H2,1-2H3,(H2,17,18,19). The van der Waals surface area contributed by atoms with E-state index in [-0.39, 0.29) is 6.61 Å². The van der Waals surface area contributed by atoms with Crippen molar-refractivity contribution in [3.8, 4) is 11.5 Å². The van der Waals surface area contributed by atoms with Gasteiger partial charge in [0.05, 0.1) is 26.3 Å². The van der Waals surface area contributed by atoms with Gasteiger partial charge >= 0.3 is 0 Å². The van der Waals surface area contributed by atoms with Crippen molar-refractivity contribution in [2.75, 3.05) is 38.0 Å². The first-order valence-electron chi connectivity index (χ1n) is 7.74. The second kappa shape index (κ2) is 6.45. The highest BCUT2D eigenvalue weighted by Crippen LogP contribution is 2.35. The molecular weight excluding hydrogens is 296 g/mol. The van der Waals surface area contributed by atoms with E-state index in [9.17, 15) is 5.11 Å². The summed E-state index contributed by atoms with van der Waals surface area (Å²) < 4.78 is 10.6. The zero-order chi connectivity index (χ0) is 16.4. The Hall–Kier alpha value is -2.28. The summed E-state index contributed by atoms with van der Waals surface area (Å²) in [7, 11) is 3.16. The number of methoxy groups -OCH3 is 2. The van der Waals surface area contributed by atoms with Crippen LogP contribution in [0.3, 0.4) is 0 Å². The number of aliphatic hydroxyl groups is 1. The maximum Gasteiger partial charge on any atom is 0.228 e. The fourth-order valence-corrected chi connectivity index (χ4v) is 2.85. The van der Waals surface area contributed by atoms with Gasteiger partial charge in [-0.1, -0.05) is 0 Å². The van der Waals surface area contributed by atoms with Gasteiger partial charge in [0.15, 0.2) is 11.5 Å². The number of aromatic nitrogens is 2. The summed E-state index contributed by atoms with van der Waals surface area (Å²) in [5, 5.41) is 10.1. The molecule has 7 heteroatoms. The van der Waals surface area contributed by atoms with E-state index in [0.29, 0.717) is 41.4 Å². The van der Waals surface area contributed by atoms with Crippen LogP contribution in [0.2, 0.25) is 0 Å². The Kier molecular flexibility index (Phi) is 4.38. The zero-order valence-electron chi connectivity index (χ0n) is 13.5. The van der Waals surface area contributed by atoms with Gasteiger partial charge in [0.1, 0.15) is 5.82 Å². The van der Waals surface area contributed by atoms with Gasteiger partial charge in [0.25, 0.3) is 0 Å². The van der Waals surface area contributed by atoms with Crippen LogP contribution in [-0.2, 0) is 0 Å². The van der Waals surface area contributed by atoms with Crippen LogP contribution in [0.1, 0.15) is 19.3 Å². The average Bonchev–Trinajstić information content (AvgIpc) is 2.51. The maximum atomic E-state index is 9.33. The molecular formula is C16H22N4O3. The summed E-state index contributed by atoms with van der Waals surface area (Å²) in [6.07, 6.45) is 3.38. The van der Waals surface area contributed by atoms with Crippen LogP contribution in [0.25, 0.3) is 10.9 Å². The fourth-order valence-electron chi connectivity index (χ4n) is 2.85. The Morgan fingerprint density at radius 1 is 1.22 bits per heavy atom. The van der Waals surface area contributed by atoms with Crippen molar-refractivity contribution in [1.82, 2.24) is 9.97 Å². The molecule has 3 N–H and O–H groups in total. The van der Waals surface area contributed by atoms with Crippen LogP contribution >= 0.6 is 0 Å². The number of hydrogen-bond acceptors (Lipinski definition) is 7. The molecule has 0 saturated heterocycles. The number of nitrogen functional groups attached to an aromatic ring is 1. The van der Waals surface area contributed by atoms with E-state index < -0.39 is 0 Å². The first-order valence-corrected chi connectivity index (χ1v) is 7.74. The van der Waals surface area contributed by atoms with Crippen molar-refractivity contribution in [2.45, 2.75) is 25.3 Å². The lowest BCUT2D eigenvalue weighted by molar-refractivity contribution is 0.282. The molecule has 124 valence electrons. The Morgan fingerprint density at radius 3 is 2.48 bits per heavy atom. The van der Waals surface area contributed by atoms with Crippen molar-refractivity contribution in [3.05, 3.63) is 12.1 Å². The number of nitrogens with zero attached hydrogens (tertiary/aromatic N) is 3. The summed E-state index contributed by atoms with van der Waals surface area (Å²) in [5.74, 6) is 2.14. The SMILES string of the molecule is COc1cc2nc(N(CCO)C3CCC3)nc(N)c2cc1OC. The normalized spacial score (nSPS) is 14.6. The summed E-state index contributed by atoms with van der Waals surface area (Å²) >= 11 is 0. The van der Waals surface area contributed by atoms with Crippen molar-refractivity contribution in [2.24, 2.45) is 0 Å². The van der Waals surface area contributed by atoms with Crippen molar-refractivity contribution < 1.29 is 14.6 Å². The van der Waals surface area contributed by atoms with E-state index in [1.54, 1.807) is 26.4 Å². The van der Waals surface area contributed by atoms with Gasteiger partial charge in [-0.15, -0.1) is 0 Å². The Bertz CT molecular complexity index is 703. The Balaban J connectivity index is 2.08. The lowest BCUT2D eigenvalue weighted by Gasteiger charge is -2.37. The molecule has 0 bridgehead atoms. The van der Waals surface area contributed by atoms with Crippen LogP contribution in [0.15, 0.2) is 12.1 Å². The molecule has 1 aromatic heterocycles. The molecule has 0 spiro atoms. The molecule has 0 amide bonds. The lowest BCUT2D eigenvalue weighted by atomic mass is 9.92. The van der Waals surface area contributed by atoms with Crippen molar-refractivity contribution in [1.29, 1.82) is 0 Å². The van der Waals surface area contributed by atoms with E-state index in [4.69, 9.17) is 15.2 Å². The zero-order valence-corrected chi connectivity index (χ0v) is 13.5. The highest BCUT2D eigenvalue weighted by Gasteiger charge is 2.27. The molecule has 1 aliphatic rings. The molecule has 23 heavy (non-hydrogen) atoms. The average molecular weight is 318 g/mol. The molecule has 1 fully saturated rings. The maximum absolute atomic E-state index is 9.33. The number of nitrogens with two attached hydrogens (primary N) is 1. The van der Waals surface area contributed by atoms with Crippen LogP contribution in [0, 0.1) is 0 Å². The molecule has 0 radical (unpaired) electrons. The van der Waals surface area contributed by atoms with Crippen LogP contribution < -0.4 is 20.1 Å². The van der Waals surface area contributed by atoms with Crippen LogP contribution in [0.4, 0.5) is 11.8 Å². The highest BCUT2D eigenvalue weighted by atomic mass is 16.5. The van der Waals surface area contributed by atoms with Crippen LogP contribution in [-0.4, -0.2) is 48.5 Å². The second-order valence-electron chi connectivity index (χ2n) is 5.63. The van der Waals surface area contributed by atoms with Gasteiger partial charge in [-0.3, -0.25) is 0 Å². The van der Waals surface area contributed by atoms with Gasteiger partial charge in [0, 0.05) is 24.0 Å². The number of fused-ring (bicyclic) bond motifs is 1. The van der Waals surface area contributed by atoms with Gasteiger partial charge < -0.3 is 25.2 Å². The number of rotatable bonds is 6. The number of anilines is 2. The highest BCUT2D eigenvalue weighted by molar-refractivity contribution is 5.91. The number of ether oxygens (including phenoxy) is 2. The van der Waals surface area contributed by atoms with Crippen molar-refractivity contribution in [3.63, 3.8) is 0 Å². The number of benzene rings is 1. The summed E-state index contributed by atoms with van der Waals surface area (Å²) in [5.41, 5.74) is 6.83. The van der Waals surface area contributed by atoms with E-state index in [1.807, 2.05) is 4.90 Å². The summed E-state index contributed by atoms with van der Waals surface area (Å²) in [6.45, 7) is 0.562. The van der Waals surface area contributed by atoms with Crippen molar-refractivity contribution >= 4 is 22.7 Å². The van der Waals surface area contributed by atoms with Crippen LogP contribution in [0.5, 0.6) is 11.5 Å². The molecule has 0 atom stereocenters. The molecule has 2 aromatic rings. The third-order valence-corrected chi connectivity index (χ3v) is 4.33. The molecule has 0 unspecified atom stereocenters. The molecule has 1 saturated carbocycles. The summed E-state index contributed by atoms with van der Waals surface area (Å²) in [6, 6.07) is 3.96. The first-order chi connectivity index (χ1) is 11.2. The van der Waals surface area contributed by atoms with Gasteiger partial charge in [-0.25, -0.2) is 4.98 Å². The molecule has 7 nitrogen and oxygen atoms in total.